The third-order valence-electron chi connectivity index (χ3n) is 2.26. The van der Waals surface area contributed by atoms with Crippen LogP contribution in [0.2, 0.25) is 5.02 Å². The molecule has 3 nitrogen and oxygen atoms in total. The first kappa shape index (κ1) is 14.9. The van der Waals surface area contributed by atoms with Crippen LogP contribution in [-0.2, 0) is 15.9 Å². The second kappa shape index (κ2) is 8.06. The predicted molar refractivity (Wildman–Crippen MR) is 73.5 cm³/mol. The minimum atomic E-state index is -0.0504. The van der Waals surface area contributed by atoms with Gasteiger partial charge in [-0.15, -0.1) is 0 Å². The first-order chi connectivity index (χ1) is 8.13. The molecule has 0 heterocycles. The number of hydrogen-bond donors (Lipinski definition) is 1. The topological polar surface area (TPSA) is 44.5 Å². The maximum Gasteiger partial charge on any atom is 0.0701 e. The number of hydrogen-bond acceptors (Lipinski definition) is 3. The van der Waals surface area contributed by atoms with E-state index in [1.54, 1.807) is 7.11 Å². The van der Waals surface area contributed by atoms with Gasteiger partial charge in [-0.3, -0.25) is 0 Å². The summed E-state index contributed by atoms with van der Waals surface area (Å²) in [6, 6.07) is 5.75. The van der Waals surface area contributed by atoms with Crippen molar-refractivity contribution in [2.45, 2.75) is 12.5 Å². The highest BCUT2D eigenvalue weighted by Crippen LogP contribution is 2.22. The highest BCUT2D eigenvalue weighted by molar-refractivity contribution is 9.10. The molecule has 0 aliphatic rings. The van der Waals surface area contributed by atoms with Crippen LogP contribution in [0.3, 0.4) is 0 Å². The molecule has 0 fully saturated rings. The van der Waals surface area contributed by atoms with Gasteiger partial charge in [0.05, 0.1) is 19.8 Å². The number of halogens is 2. The molecule has 0 aliphatic carbocycles. The first-order valence-electron chi connectivity index (χ1n) is 5.39. The van der Waals surface area contributed by atoms with Gasteiger partial charge in [-0.05, 0) is 24.1 Å². The van der Waals surface area contributed by atoms with Crippen LogP contribution in [-0.4, -0.2) is 33.0 Å². The molecule has 1 unspecified atom stereocenters. The molecular weight excluding hydrogens is 305 g/mol. The van der Waals surface area contributed by atoms with Gasteiger partial charge in [0, 0.05) is 22.6 Å². The van der Waals surface area contributed by atoms with Gasteiger partial charge in [-0.25, -0.2) is 0 Å². The predicted octanol–water partition coefficient (Wildman–Crippen LogP) is 2.64. The second-order valence-corrected chi connectivity index (χ2v) is 5.09. The summed E-state index contributed by atoms with van der Waals surface area (Å²) in [5.74, 6) is 0. The highest BCUT2D eigenvalue weighted by Gasteiger charge is 2.07. The summed E-state index contributed by atoms with van der Waals surface area (Å²) in [4.78, 5) is 0. The van der Waals surface area contributed by atoms with E-state index < -0.39 is 0 Å². The number of methoxy groups -OCH3 is 1. The molecule has 0 aromatic heterocycles. The monoisotopic (exact) mass is 321 g/mol. The summed E-state index contributed by atoms with van der Waals surface area (Å²) in [5, 5.41) is 0.728. The Balaban J connectivity index is 2.37. The molecule has 0 saturated carbocycles. The Labute approximate surface area is 115 Å². The van der Waals surface area contributed by atoms with E-state index in [0.29, 0.717) is 26.2 Å². The van der Waals surface area contributed by atoms with Crippen molar-refractivity contribution in [1.29, 1.82) is 0 Å². The van der Waals surface area contributed by atoms with E-state index in [-0.39, 0.29) is 6.04 Å². The molecular formula is C12H17BrClNO2. The van der Waals surface area contributed by atoms with Crippen molar-refractivity contribution in [3.05, 3.63) is 33.3 Å². The number of rotatable bonds is 7. The molecule has 0 radical (unpaired) electrons. The Morgan fingerprint density at radius 3 is 2.82 bits per heavy atom. The van der Waals surface area contributed by atoms with Crippen molar-refractivity contribution in [2.24, 2.45) is 5.73 Å². The molecule has 5 heteroatoms. The molecule has 0 saturated heterocycles. The van der Waals surface area contributed by atoms with Crippen LogP contribution in [0, 0.1) is 0 Å². The van der Waals surface area contributed by atoms with Crippen LogP contribution >= 0.6 is 27.5 Å². The van der Waals surface area contributed by atoms with Gasteiger partial charge < -0.3 is 15.2 Å². The quantitative estimate of drug-likeness (QED) is 0.785. The normalized spacial score (nSPS) is 12.7. The van der Waals surface area contributed by atoms with Gasteiger partial charge in [0.25, 0.3) is 0 Å². The smallest absolute Gasteiger partial charge is 0.0701 e. The van der Waals surface area contributed by atoms with E-state index >= 15 is 0 Å². The molecule has 1 aromatic rings. The van der Waals surface area contributed by atoms with Crippen LogP contribution in [0.15, 0.2) is 22.7 Å². The van der Waals surface area contributed by atoms with Gasteiger partial charge in [0.15, 0.2) is 0 Å². The fourth-order valence-corrected chi connectivity index (χ4v) is 2.16. The zero-order valence-electron chi connectivity index (χ0n) is 9.79. The number of nitrogens with two attached hydrogens (primary N) is 1. The lowest BCUT2D eigenvalue weighted by atomic mass is 10.1. The van der Waals surface area contributed by atoms with Crippen LogP contribution < -0.4 is 5.73 Å². The molecule has 0 aliphatic heterocycles. The lowest BCUT2D eigenvalue weighted by Gasteiger charge is -2.13. The fourth-order valence-electron chi connectivity index (χ4n) is 1.41. The lowest BCUT2D eigenvalue weighted by molar-refractivity contribution is 0.0637. The second-order valence-electron chi connectivity index (χ2n) is 3.77. The van der Waals surface area contributed by atoms with Crippen LogP contribution in [0.4, 0.5) is 0 Å². The number of benzene rings is 1. The molecule has 96 valence electrons. The van der Waals surface area contributed by atoms with Gasteiger partial charge >= 0.3 is 0 Å². The van der Waals surface area contributed by atoms with Crippen molar-refractivity contribution < 1.29 is 9.47 Å². The van der Waals surface area contributed by atoms with Gasteiger partial charge in [0.1, 0.15) is 0 Å². The van der Waals surface area contributed by atoms with E-state index in [1.165, 1.54) is 0 Å². The summed E-state index contributed by atoms with van der Waals surface area (Å²) < 4.78 is 11.2. The lowest BCUT2D eigenvalue weighted by Crippen LogP contribution is -2.29. The zero-order valence-corrected chi connectivity index (χ0v) is 12.1. The third kappa shape index (κ3) is 5.84. The molecule has 1 rings (SSSR count). The molecule has 1 aromatic carbocycles. The molecule has 0 spiro atoms. The van der Waals surface area contributed by atoms with Crippen molar-refractivity contribution >= 4 is 27.5 Å². The summed E-state index contributed by atoms with van der Waals surface area (Å²) in [6.07, 6.45) is 0.707. The van der Waals surface area contributed by atoms with E-state index in [2.05, 4.69) is 15.9 Å². The van der Waals surface area contributed by atoms with Crippen LogP contribution in [0.25, 0.3) is 0 Å². The standard InChI is InChI=1S/C12H17BrClNO2/c1-16-4-5-17-8-11(15)6-9-2-3-10(13)7-12(9)14/h2-3,7,11H,4-6,8,15H2,1H3. The van der Waals surface area contributed by atoms with Crippen molar-refractivity contribution in [3.8, 4) is 0 Å². The average molecular weight is 323 g/mol. The van der Waals surface area contributed by atoms with Crippen molar-refractivity contribution in [2.75, 3.05) is 26.9 Å². The maximum atomic E-state index is 6.11. The third-order valence-corrected chi connectivity index (χ3v) is 3.11. The minimum Gasteiger partial charge on any atom is -0.382 e. The molecule has 2 N–H and O–H groups in total. The molecule has 1 atom stereocenters. The van der Waals surface area contributed by atoms with E-state index in [4.69, 9.17) is 26.8 Å². The Morgan fingerprint density at radius 2 is 2.18 bits per heavy atom. The summed E-state index contributed by atoms with van der Waals surface area (Å²) in [5.41, 5.74) is 7.00. The number of ether oxygens (including phenoxy) is 2. The maximum absolute atomic E-state index is 6.11. The largest absolute Gasteiger partial charge is 0.382 e. The summed E-state index contributed by atoms with van der Waals surface area (Å²) in [7, 11) is 1.64. The van der Waals surface area contributed by atoms with Crippen LogP contribution in [0.5, 0.6) is 0 Å². The summed E-state index contributed by atoms with van der Waals surface area (Å²) >= 11 is 9.48. The Bertz CT molecular complexity index is 349. The molecule has 0 bridgehead atoms. The highest BCUT2D eigenvalue weighted by atomic mass is 79.9. The first-order valence-corrected chi connectivity index (χ1v) is 6.56. The molecule has 17 heavy (non-hydrogen) atoms. The van der Waals surface area contributed by atoms with E-state index in [1.807, 2.05) is 18.2 Å². The Morgan fingerprint density at radius 1 is 1.41 bits per heavy atom. The van der Waals surface area contributed by atoms with E-state index in [0.717, 1.165) is 15.1 Å². The average Bonchev–Trinajstić information content (AvgIpc) is 2.28. The summed E-state index contributed by atoms with van der Waals surface area (Å²) in [6.45, 7) is 1.67. The van der Waals surface area contributed by atoms with Gasteiger partial charge in [-0.1, -0.05) is 33.6 Å². The SMILES string of the molecule is COCCOCC(N)Cc1ccc(Br)cc1Cl. The molecule has 0 amide bonds. The van der Waals surface area contributed by atoms with Crippen molar-refractivity contribution in [1.82, 2.24) is 0 Å². The minimum absolute atomic E-state index is 0.0504. The van der Waals surface area contributed by atoms with Gasteiger partial charge in [-0.2, -0.15) is 0 Å². The van der Waals surface area contributed by atoms with E-state index in [9.17, 15) is 0 Å². The Hall–Kier alpha value is -0.130. The zero-order chi connectivity index (χ0) is 12.7. The van der Waals surface area contributed by atoms with Crippen molar-refractivity contribution in [3.63, 3.8) is 0 Å². The van der Waals surface area contributed by atoms with Crippen LogP contribution in [0.1, 0.15) is 5.56 Å². The fraction of sp³-hybridized carbons (Fsp3) is 0.500. The Kier molecular flexibility index (Phi) is 7.08. The van der Waals surface area contributed by atoms with Gasteiger partial charge in [0.2, 0.25) is 0 Å².